The average molecular weight is 315 g/mol. The molecule has 0 aromatic heterocycles. The minimum Gasteiger partial charge on any atom is -0.481 e. The standard InChI is InChI=1S/C19H25NO3/c21-18(16-8-9-17(16)19(22)23)20-12-10-15(11-13-20)7-6-14-4-2-1-3-5-14/h1-5,15-17H,6-13H2,(H,22,23). The number of piperidine rings is 1. The third-order valence-electron chi connectivity index (χ3n) is 5.52. The molecule has 2 unspecified atom stereocenters. The lowest BCUT2D eigenvalue weighted by Gasteiger charge is -2.39. The number of carboxylic acid groups (broad SMARTS) is 1. The van der Waals surface area contributed by atoms with E-state index in [-0.39, 0.29) is 11.8 Å². The fraction of sp³-hybridized carbons (Fsp3) is 0.579. The van der Waals surface area contributed by atoms with Crippen molar-refractivity contribution in [3.05, 3.63) is 35.9 Å². The van der Waals surface area contributed by atoms with Crippen LogP contribution in [0.3, 0.4) is 0 Å². The molecule has 0 spiro atoms. The molecule has 23 heavy (non-hydrogen) atoms. The zero-order valence-electron chi connectivity index (χ0n) is 13.5. The summed E-state index contributed by atoms with van der Waals surface area (Å²) in [5, 5.41) is 9.10. The van der Waals surface area contributed by atoms with Crippen molar-refractivity contribution >= 4 is 11.9 Å². The lowest BCUT2D eigenvalue weighted by atomic mass is 9.72. The predicted molar refractivity (Wildman–Crippen MR) is 87.9 cm³/mol. The first-order chi connectivity index (χ1) is 11.1. The van der Waals surface area contributed by atoms with Crippen molar-refractivity contribution in [1.82, 2.24) is 4.90 Å². The molecular formula is C19H25NO3. The number of nitrogens with zero attached hydrogens (tertiary/aromatic N) is 1. The number of rotatable bonds is 5. The van der Waals surface area contributed by atoms with Crippen LogP contribution in [0.2, 0.25) is 0 Å². The van der Waals surface area contributed by atoms with Gasteiger partial charge in [0.25, 0.3) is 0 Å². The second kappa shape index (κ2) is 7.16. The van der Waals surface area contributed by atoms with Crippen LogP contribution in [-0.2, 0) is 16.0 Å². The number of carbonyl (C=O) groups is 2. The molecular weight excluding hydrogens is 290 g/mol. The number of carbonyl (C=O) groups excluding carboxylic acids is 1. The van der Waals surface area contributed by atoms with Gasteiger partial charge in [0, 0.05) is 13.1 Å². The van der Waals surface area contributed by atoms with Gasteiger partial charge in [0.2, 0.25) is 5.91 Å². The van der Waals surface area contributed by atoms with Crippen LogP contribution in [0.15, 0.2) is 30.3 Å². The van der Waals surface area contributed by atoms with E-state index in [0.29, 0.717) is 12.3 Å². The van der Waals surface area contributed by atoms with E-state index in [9.17, 15) is 9.59 Å². The summed E-state index contributed by atoms with van der Waals surface area (Å²) < 4.78 is 0. The zero-order chi connectivity index (χ0) is 16.2. The van der Waals surface area contributed by atoms with Crippen molar-refractivity contribution in [3.8, 4) is 0 Å². The highest BCUT2D eigenvalue weighted by molar-refractivity contribution is 5.86. The summed E-state index contributed by atoms with van der Waals surface area (Å²) in [5.74, 6) is -0.778. The molecule has 1 aromatic rings. The molecule has 4 nitrogen and oxygen atoms in total. The quantitative estimate of drug-likeness (QED) is 0.909. The molecule has 1 amide bonds. The Hall–Kier alpha value is -1.84. The number of hydrogen-bond donors (Lipinski definition) is 1. The van der Waals surface area contributed by atoms with E-state index in [1.807, 2.05) is 11.0 Å². The van der Waals surface area contributed by atoms with Crippen molar-refractivity contribution in [1.29, 1.82) is 0 Å². The molecule has 1 N–H and O–H groups in total. The first kappa shape index (κ1) is 16.0. The first-order valence-corrected chi connectivity index (χ1v) is 8.70. The molecule has 1 saturated carbocycles. The number of benzene rings is 1. The number of aliphatic carboxylic acids is 1. The highest BCUT2D eigenvalue weighted by Crippen LogP contribution is 2.36. The minimum absolute atomic E-state index is 0.0742. The summed E-state index contributed by atoms with van der Waals surface area (Å²) in [6, 6.07) is 10.5. The van der Waals surface area contributed by atoms with Gasteiger partial charge < -0.3 is 10.0 Å². The van der Waals surface area contributed by atoms with Crippen molar-refractivity contribution < 1.29 is 14.7 Å². The number of carboxylic acids is 1. The molecule has 3 rings (SSSR count). The largest absolute Gasteiger partial charge is 0.481 e. The molecule has 2 aliphatic rings. The normalized spacial score (nSPS) is 25.0. The number of amides is 1. The van der Waals surface area contributed by atoms with Gasteiger partial charge in [0.15, 0.2) is 0 Å². The first-order valence-electron chi connectivity index (χ1n) is 8.70. The molecule has 1 aromatic carbocycles. The van der Waals surface area contributed by atoms with E-state index in [4.69, 9.17) is 5.11 Å². The Labute approximate surface area is 137 Å². The summed E-state index contributed by atoms with van der Waals surface area (Å²) in [6.45, 7) is 1.59. The fourth-order valence-electron chi connectivity index (χ4n) is 3.78. The molecule has 1 saturated heterocycles. The summed E-state index contributed by atoms with van der Waals surface area (Å²) in [5.41, 5.74) is 1.38. The highest BCUT2D eigenvalue weighted by atomic mass is 16.4. The molecule has 4 heteroatoms. The lowest BCUT2D eigenvalue weighted by Crippen LogP contribution is -2.48. The minimum atomic E-state index is -0.813. The van der Waals surface area contributed by atoms with E-state index in [1.54, 1.807) is 0 Å². The van der Waals surface area contributed by atoms with Crippen molar-refractivity contribution in [2.75, 3.05) is 13.1 Å². The van der Waals surface area contributed by atoms with Crippen LogP contribution in [0.1, 0.15) is 37.7 Å². The maximum absolute atomic E-state index is 12.4. The van der Waals surface area contributed by atoms with Gasteiger partial charge in [-0.15, -0.1) is 0 Å². The van der Waals surface area contributed by atoms with Gasteiger partial charge in [-0.3, -0.25) is 9.59 Å². The lowest BCUT2D eigenvalue weighted by molar-refractivity contribution is -0.157. The molecule has 124 valence electrons. The van der Waals surface area contributed by atoms with Crippen LogP contribution < -0.4 is 0 Å². The fourth-order valence-corrected chi connectivity index (χ4v) is 3.78. The van der Waals surface area contributed by atoms with Crippen LogP contribution in [-0.4, -0.2) is 35.0 Å². The summed E-state index contributed by atoms with van der Waals surface area (Å²) in [7, 11) is 0. The smallest absolute Gasteiger partial charge is 0.307 e. The van der Waals surface area contributed by atoms with Gasteiger partial charge in [-0.25, -0.2) is 0 Å². The average Bonchev–Trinajstić information content (AvgIpc) is 2.53. The maximum atomic E-state index is 12.4. The molecule has 1 aliphatic heterocycles. The Morgan fingerprint density at radius 1 is 1.00 bits per heavy atom. The van der Waals surface area contributed by atoms with Gasteiger partial charge in [-0.2, -0.15) is 0 Å². The predicted octanol–water partition coefficient (Wildman–Crippen LogP) is 2.97. The van der Waals surface area contributed by atoms with Crippen molar-refractivity contribution in [2.24, 2.45) is 17.8 Å². The Kier molecular flexibility index (Phi) is 4.99. The third-order valence-corrected chi connectivity index (χ3v) is 5.52. The zero-order valence-corrected chi connectivity index (χ0v) is 13.5. The van der Waals surface area contributed by atoms with Crippen LogP contribution in [0.4, 0.5) is 0 Å². The van der Waals surface area contributed by atoms with Crippen LogP contribution in [0.5, 0.6) is 0 Å². The molecule has 0 bridgehead atoms. The maximum Gasteiger partial charge on any atom is 0.307 e. The molecule has 1 heterocycles. The van der Waals surface area contributed by atoms with E-state index in [1.165, 1.54) is 12.0 Å². The van der Waals surface area contributed by atoms with Gasteiger partial charge in [-0.05, 0) is 50.0 Å². The van der Waals surface area contributed by atoms with E-state index in [2.05, 4.69) is 24.3 Å². The Balaban J connectivity index is 1.43. The van der Waals surface area contributed by atoms with Crippen LogP contribution in [0, 0.1) is 17.8 Å². The SMILES string of the molecule is O=C(O)C1CCC1C(=O)N1CCC(CCc2ccccc2)CC1. The Bertz CT molecular complexity index is 549. The van der Waals surface area contributed by atoms with E-state index < -0.39 is 11.9 Å². The van der Waals surface area contributed by atoms with Gasteiger partial charge >= 0.3 is 5.97 Å². The highest BCUT2D eigenvalue weighted by Gasteiger charge is 2.43. The summed E-state index contributed by atoms with van der Waals surface area (Å²) in [6.07, 6.45) is 5.76. The summed E-state index contributed by atoms with van der Waals surface area (Å²) in [4.78, 5) is 25.4. The van der Waals surface area contributed by atoms with E-state index >= 15 is 0 Å². The molecule has 2 atom stereocenters. The second-order valence-corrected chi connectivity index (χ2v) is 6.92. The number of aryl methyl sites for hydroxylation is 1. The Morgan fingerprint density at radius 2 is 1.65 bits per heavy atom. The molecule has 0 radical (unpaired) electrons. The second-order valence-electron chi connectivity index (χ2n) is 6.92. The monoisotopic (exact) mass is 315 g/mol. The number of likely N-dealkylation sites (tertiary alicyclic amines) is 1. The third kappa shape index (κ3) is 3.74. The van der Waals surface area contributed by atoms with Crippen molar-refractivity contribution in [3.63, 3.8) is 0 Å². The topological polar surface area (TPSA) is 57.6 Å². The van der Waals surface area contributed by atoms with Crippen LogP contribution in [0.25, 0.3) is 0 Å². The number of hydrogen-bond acceptors (Lipinski definition) is 2. The summed E-state index contributed by atoms with van der Waals surface area (Å²) >= 11 is 0. The van der Waals surface area contributed by atoms with Gasteiger partial charge in [0.1, 0.15) is 0 Å². The molecule has 2 fully saturated rings. The van der Waals surface area contributed by atoms with E-state index in [0.717, 1.165) is 38.8 Å². The Morgan fingerprint density at radius 3 is 2.22 bits per heavy atom. The van der Waals surface area contributed by atoms with Gasteiger partial charge in [-0.1, -0.05) is 30.3 Å². The van der Waals surface area contributed by atoms with Crippen LogP contribution >= 0.6 is 0 Å². The van der Waals surface area contributed by atoms with Crippen molar-refractivity contribution in [2.45, 2.75) is 38.5 Å². The van der Waals surface area contributed by atoms with Gasteiger partial charge in [0.05, 0.1) is 11.8 Å². The molecule has 1 aliphatic carbocycles.